The fourth-order valence-corrected chi connectivity index (χ4v) is 2.17. The minimum atomic E-state index is 0.438. The third-order valence-corrected chi connectivity index (χ3v) is 3.26. The van der Waals surface area contributed by atoms with Crippen molar-refractivity contribution < 1.29 is 0 Å². The topological polar surface area (TPSA) is 26.0 Å². The van der Waals surface area contributed by atoms with Gasteiger partial charge in [-0.05, 0) is 46.0 Å². The molecule has 4 nitrogen and oxygen atoms in total. The first-order valence-electron chi connectivity index (χ1n) is 6.97. The van der Waals surface area contributed by atoms with Gasteiger partial charge in [0.25, 0.3) is 0 Å². The lowest BCUT2D eigenvalue weighted by Gasteiger charge is -2.15. The molecule has 0 saturated heterocycles. The standard InChI is InChI=1S/C15H24N4/c1-14(2)19-13-15(11-16-19)12-17(3)7-6-10-18-8-4-5-9-18/h4-5,8-9,11,13-14H,6-7,10,12H2,1-3H3. The largest absolute Gasteiger partial charge is 0.354 e. The Kier molecular flexibility index (Phi) is 4.80. The molecule has 0 aliphatic carbocycles. The Hall–Kier alpha value is -1.55. The summed E-state index contributed by atoms with van der Waals surface area (Å²) in [6.07, 6.45) is 9.53. The molecule has 0 unspecified atom stereocenters. The molecule has 0 saturated carbocycles. The quantitative estimate of drug-likeness (QED) is 0.765. The van der Waals surface area contributed by atoms with Gasteiger partial charge in [-0.2, -0.15) is 5.10 Å². The highest BCUT2D eigenvalue weighted by molar-refractivity contribution is 5.03. The highest BCUT2D eigenvalue weighted by Crippen LogP contribution is 2.07. The molecule has 0 fully saturated rings. The molecule has 19 heavy (non-hydrogen) atoms. The van der Waals surface area contributed by atoms with Crippen molar-refractivity contribution in [2.45, 2.75) is 39.4 Å². The Morgan fingerprint density at radius 1 is 1.26 bits per heavy atom. The monoisotopic (exact) mass is 260 g/mol. The Balaban J connectivity index is 1.72. The van der Waals surface area contributed by atoms with E-state index in [-0.39, 0.29) is 0 Å². The highest BCUT2D eigenvalue weighted by Gasteiger charge is 2.04. The van der Waals surface area contributed by atoms with E-state index in [9.17, 15) is 0 Å². The van der Waals surface area contributed by atoms with Crippen molar-refractivity contribution in [3.05, 3.63) is 42.5 Å². The van der Waals surface area contributed by atoms with Crippen LogP contribution < -0.4 is 0 Å². The molecule has 0 N–H and O–H groups in total. The van der Waals surface area contributed by atoms with Crippen LogP contribution in [0.15, 0.2) is 36.9 Å². The molecular weight excluding hydrogens is 236 g/mol. The first-order valence-corrected chi connectivity index (χ1v) is 6.97. The fourth-order valence-electron chi connectivity index (χ4n) is 2.17. The minimum absolute atomic E-state index is 0.438. The summed E-state index contributed by atoms with van der Waals surface area (Å²) < 4.78 is 4.24. The maximum Gasteiger partial charge on any atom is 0.0534 e. The van der Waals surface area contributed by atoms with Gasteiger partial charge in [0, 0.05) is 43.3 Å². The molecule has 4 heteroatoms. The van der Waals surface area contributed by atoms with Crippen LogP contribution in [-0.2, 0) is 13.1 Å². The van der Waals surface area contributed by atoms with Gasteiger partial charge in [0.05, 0.1) is 6.20 Å². The molecule has 2 heterocycles. The molecule has 2 aromatic heterocycles. The summed E-state index contributed by atoms with van der Waals surface area (Å²) in [5.41, 5.74) is 1.29. The molecular formula is C15H24N4. The first-order chi connectivity index (χ1) is 9.15. The Morgan fingerprint density at radius 3 is 2.63 bits per heavy atom. The van der Waals surface area contributed by atoms with Gasteiger partial charge < -0.3 is 9.47 Å². The lowest BCUT2D eigenvalue weighted by Crippen LogP contribution is -2.20. The van der Waals surface area contributed by atoms with Crippen molar-refractivity contribution in [1.82, 2.24) is 19.2 Å². The molecule has 0 aromatic carbocycles. The van der Waals surface area contributed by atoms with E-state index in [2.05, 4.69) is 66.2 Å². The molecule has 2 aromatic rings. The Labute approximate surface area is 115 Å². The van der Waals surface area contributed by atoms with Crippen molar-refractivity contribution in [3.63, 3.8) is 0 Å². The number of nitrogens with zero attached hydrogens (tertiary/aromatic N) is 4. The van der Waals surface area contributed by atoms with Gasteiger partial charge in [0.1, 0.15) is 0 Å². The van der Waals surface area contributed by atoms with E-state index in [0.29, 0.717) is 6.04 Å². The number of hydrogen-bond donors (Lipinski definition) is 0. The third kappa shape index (κ3) is 4.24. The van der Waals surface area contributed by atoms with Crippen molar-refractivity contribution in [2.75, 3.05) is 13.6 Å². The van der Waals surface area contributed by atoms with Crippen molar-refractivity contribution in [3.8, 4) is 0 Å². The fraction of sp³-hybridized carbons (Fsp3) is 0.533. The van der Waals surface area contributed by atoms with Crippen LogP contribution in [0.5, 0.6) is 0 Å². The summed E-state index contributed by atoms with van der Waals surface area (Å²) in [7, 11) is 2.17. The smallest absolute Gasteiger partial charge is 0.0534 e. The maximum absolute atomic E-state index is 4.38. The summed E-state index contributed by atoms with van der Waals surface area (Å²) >= 11 is 0. The molecule has 0 bridgehead atoms. The van der Waals surface area contributed by atoms with E-state index < -0.39 is 0 Å². The molecule has 0 amide bonds. The average Bonchev–Trinajstić information content (AvgIpc) is 3.00. The van der Waals surface area contributed by atoms with Crippen molar-refractivity contribution >= 4 is 0 Å². The lowest BCUT2D eigenvalue weighted by atomic mass is 10.3. The molecule has 0 aliphatic rings. The summed E-state index contributed by atoms with van der Waals surface area (Å²) in [6.45, 7) is 7.46. The van der Waals surface area contributed by atoms with E-state index in [1.54, 1.807) is 0 Å². The molecule has 0 radical (unpaired) electrons. The van der Waals surface area contributed by atoms with Crippen LogP contribution in [-0.4, -0.2) is 32.8 Å². The summed E-state index contributed by atoms with van der Waals surface area (Å²) in [4.78, 5) is 2.35. The van der Waals surface area contributed by atoms with E-state index in [0.717, 1.165) is 19.6 Å². The van der Waals surface area contributed by atoms with Crippen LogP contribution in [0.25, 0.3) is 0 Å². The van der Waals surface area contributed by atoms with Crippen molar-refractivity contribution in [1.29, 1.82) is 0 Å². The van der Waals surface area contributed by atoms with Crippen LogP contribution in [0.2, 0.25) is 0 Å². The molecule has 0 aliphatic heterocycles. The zero-order valence-corrected chi connectivity index (χ0v) is 12.2. The second-order valence-corrected chi connectivity index (χ2v) is 5.43. The Bertz CT molecular complexity index is 470. The Morgan fingerprint density at radius 2 is 2.00 bits per heavy atom. The van der Waals surface area contributed by atoms with Gasteiger partial charge in [0.2, 0.25) is 0 Å². The molecule has 0 spiro atoms. The number of rotatable bonds is 7. The number of aryl methyl sites for hydroxylation is 1. The summed E-state index contributed by atoms with van der Waals surface area (Å²) in [5.74, 6) is 0. The minimum Gasteiger partial charge on any atom is -0.354 e. The molecule has 104 valence electrons. The van der Waals surface area contributed by atoms with E-state index in [4.69, 9.17) is 0 Å². The average molecular weight is 260 g/mol. The van der Waals surface area contributed by atoms with E-state index in [1.165, 1.54) is 12.0 Å². The normalized spacial score (nSPS) is 11.6. The maximum atomic E-state index is 4.38. The van der Waals surface area contributed by atoms with Crippen LogP contribution in [0.4, 0.5) is 0 Å². The third-order valence-electron chi connectivity index (χ3n) is 3.26. The molecule has 2 rings (SSSR count). The lowest BCUT2D eigenvalue weighted by molar-refractivity contribution is 0.314. The molecule has 0 atom stereocenters. The second-order valence-electron chi connectivity index (χ2n) is 5.43. The van der Waals surface area contributed by atoms with E-state index in [1.807, 2.05) is 10.9 Å². The van der Waals surface area contributed by atoms with Gasteiger partial charge in [0.15, 0.2) is 0 Å². The van der Waals surface area contributed by atoms with Crippen LogP contribution in [0.1, 0.15) is 31.9 Å². The first kappa shape index (κ1) is 13.9. The van der Waals surface area contributed by atoms with Gasteiger partial charge >= 0.3 is 0 Å². The predicted octanol–water partition coefficient (Wildman–Crippen LogP) is 2.79. The SMILES string of the molecule is CC(C)n1cc(CN(C)CCCn2cccc2)cn1. The van der Waals surface area contributed by atoms with E-state index >= 15 is 0 Å². The predicted molar refractivity (Wildman–Crippen MR) is 78.0 cm³/mol. The number of aromatic nitrogens is 3. The van der Waals surface area contributed by atoms with Crippen LogP contribution in [0.3, 0.4) is 0 Å². The van der Waals surface area contributed by atoms with Gasteiger partial charge in [-0.3, -0.25) is 4.68 Å². The second kappa shape index (κ2) is 6.57. The van der Waals surface area contributed by atoms with Crippen LogP contribution in [0, 0.1) is 0 Å². The van der Waals surface area contributed by atoms with Crippen LogP contribution >= 0.6 is 0 Å². The zero-order valence-electron chi connectivity index (χ0n) is 12.2. The van der Waals surface area contributed by atoms with Crippen molar-refractivity contribution in [2.24, 2.45) is 0 Å². The number of hydrogen-bond acceptors (Lipinski definition) is 2. The summed E-state index contributed by atoms with van der Waals surface area (Å²) in [5, 5.41) is 4.38. The highest BCUT2D eigenvalue weighted by atomic mass is 15.3. The van der Waals surface area contributed by atoms with Gasteiger partial charge in [-0.25, -0.2) is 0 Å². The van der Waals surface area contributed by atoms with Gasteiger partial charge in [-0.1, -0.05) is 0 Å². The summed E-state index contributed by atoms with van der Waals surface area (Å²) in [6, 6.07) is 4.58. The zero-order chi connectivity index (χ0) is 13.7. The van der Waals surface area contributed by atoms with Gasteiger partial charge in [-0.15, -0.1) is 0 Å².